The van der Waals surface area contributed by atoms with Crippen LogP contribution >= 0.6 is 11.6 Å². The highest BCUT2D eigenvalue weighted by atomic mass is 35.5. The predicted octanol–water partition coefficient (Wildman–Crippen LogP) is 2.81. The number of benzene rings is 2. The Labute approximate surface area is 126 Å². The zero-order valence-electron chi connectivity index (χ0n) is 11.0. The predicted molar refractivity (Wildman–Crippen MR) is 81.1 cm³/mol. The topological polar surface area (TPSA) is 88.1 Å². The van der Waals surface area contributed by atoms with Gasteiger partial charge < -0.3 is 15.8 Å². The van der Waals surface area contributed by atoms with Crippen molar-refractivity contribution in [2.75, 3.05) is 17.7 Å². The van der Waals surface area contributed by atoms with Crippen LogP contribution in [0.15, 0.2) is 42.5 Å². The van der Waals surface area contributed by atoms with Crippen LogP contribution in [0.1, 0.15) is 5.56 Å². The van der Waals surface area contributed by atoms with Crippen LogP contribution in [0, 0.1) is 11.3 Å². The largest absolute Gasteiger partial charge is 0.482 e. The minimum atomic E-state index is -0.378. The van der Waals surface area contributed by atoms with Crippen molar-refractivity contribution in [1.29, 1.82) is 5.26 Å². The van der Waals surface area contributed by atoms with E-state index in [1.807, 2.05) is 6.07 Å². The highest BCUT2D eigenvalue weighted by Crippen LogP contribution is 2.22. The number of rotatable bonds is 4. The van der Waals surface area contributed by atoms with Crippen LogP contribution in [-0.4, -0.2) is 12.5 Å². The molecule has 0 aromatic heterocycles. The van der Waals surface area contributed by atoms with Gasteiger partial charge in [-0.15, -0.1) is 0 Å². The zero-order valence-corrected chi connectivity index (χ0v) is 11.7. The van der Waals surface area contributed by atoms with Crippen molar-refractivity contribution in [2.24, 2.45) is 0 Å². The summed E-state index contributed by atoms with van der Waals surface area (Å²) >= 11 is 5.78. The number of carbonyl (C=O) groups excluding carboxylic acids is 1. The number of hydrogen-bond acceptors (Lipinski definition) is 4. The lowest BCUT2D eigenvalue weighted by Crippen LogP contribution is -2.21. The molecule has 0 heterocycles. The van der Waals surface area contributed by atoms with Gasteiger partial charge >= 0.3 is 0 Å². The van der Waals surface area contributed by atoms with E-state index in [0.717, 1.165) is 0 Å². The molecule has 5 nitrogen and oxygen atoms in total. The fourth-order valence-electron chi connectivity index (χ4n) is 1.66. The molecule has 0 saturated heterocycles. The highest BCUT2D eigenvalue weighted by molar-refractivity contribution is 6.31. The normalized spacial score (nSPS) is 9.71. The summed E-state index contributed by atoms with van der Waals surface area (Å²) in [7, 11) is 0. The van der Waals surface area contributed by atoms with Crippen LogP contribution in [0.5, 0.6) is 5.75 Å². The summed E-state index contributed by atoms with van der Waals surface area (Å²) < 4.78 is 5.32. The zero-order chi connectivity index (χ0) is 15.2. The first-order valence-corrected chi connectivity index (χ1v) is 6.45. The van der Waals surface area contributed by atoms with E-state index in [1.165, 1.54) is 0 Å². The number of nitrogens with one attached hydrogen (secondary N) is 1. The van der Waals surface area contributed by atoms with Crippen LogP contribution in [0.3, 0.4) is 0 Å². The molecule has 6 heteroatoms. The molecule has 0 atom stereocenters. The van der Waals surface area contributed by atoms with Gasteiger partial charge in [0.25, 0.3) is 5.91 Å². The summed E-state index contributed by atoms with van der Waals surface area (Å²) in [5, 5.41) is 12.0. The van der Waals surface area contributed by atoms with Crippen LogP contribution in [0.2, 0.25) is 5.02 Å². The van der Waals surface area contributed by atoms with Crippen LogP contribution < -0.4 is 15.8 Å². The third-order valence-electron chi connectivity index (χ3n) is 2.65. The molecule has 0 aliphatic heterocycles. The number of carbonyl (C=O) groups is 1. The van der Waals surface area contributed by atoms with Gasteiger partial charge in [0, 0.05) is 5.02 Å². The van der Waals surface area contributed by atoms with Crippen LogP contribution in [0.25, 0.3) is 0 Å². The molecule has 0 fully saturated rings. The van der Waals surface area contributed by atoms with E-state index in [-0.39, 0.29) is 12.5 Å². The molecule has 2 aromatic carbocycles. The van der Waals surface area contributed by atoms with Crippen molar-refractivity contribution < 1.29 is 9.53 Å². The molecule has 2 aromatic rings. The summed E-state index contributed by atoms with van der Waals surface area (Å²) in [5.41, 5.74) is 6.94. The average molecular weight is 302 g/mol. The van der Waals surface area contributed by atoms with E-state index in [2.05, 4.69) is 5.32 Å². The van der Waals surface area contributed by atoms with Gasteiger partial charge in [-0.3, -0.25) is 4.79 Å². The smallest absolute Gasteiger partial charge is 0.262 e. The molecule has 2 rings (SSSR count). The molecular weight excluding hydrogens is 290 g/mol. The van der Waals surface area contributed by atoms with Gasteiger partial charge in [0.2, 0.25) is 0 Å². The minimum absolute atomic E-state index is 0.221. The van der Waals surface area contributed by atoms with Gasteiger partial charge in [-0.2, -0.15) is 5.26 Å². The fourth-order valence-corrected chi connectivity index (χ4v) is 1.84. The summed E-state index contributed by atoms with van der Waals surface area (Å²) in [6.45, 7) is -0.221. The van der Waals surface area contributed by atoms with E-state index in [1.54, 1.807) is 42.5 Å². The molecule has 21 heavy (non-hydrogen) atoms. The van der Waals surface area contributed by atoms with E-state index in [0.29, 0.717) is 27.7 Å². The Morgan fingerprint density at radius 3 is 2.81 bits per heavy atom. The first kappa shape index (κ1) is 14.7. The molecule has 0 radical (unpaired) electrons. The molecule has 0 unspecified atom stereocenters. The quantitative estimate of drug-likeness (QED) is 0.850. The second-order valence-corrected chi connectivity index (χ2v) is 4.61. The molecule has 0 bridgehead atoms. The summed E-state index contributed by atoms with van der Waals surface area (Å²) in [4.78, 5) is 11.8. The van der Waals surface area contributed by atoms with E-state index < -0.39 is 0 Å². The molecule has 0 aliphatic carbocycles. The average Bonchev–Trinajstić information content (AvgIpc) is 2.48. The Kier molecular flexibility index (Phi) is 4.64. The summed E-state index contributed by atoms with van der Waals surface area (Å²) in [5.74, 6) is -0.0176. The van der Waals surface area contributed by atoms with Crippen LogP contribution in [0.4, 0.5) is 11.4 Å². The fraction of sp³-hybridized carbons (Fsp3) is 0.0667. The maximum absolute atomic E-state index is 11.8. The van der Waals surface area contributed by atoms with Crippen molar-refractivity contribution >= 4 is 28.9 Å². The molecule has 0 aliphatic rings. The van der Waals surface area contributed by atoms with Gasteiger partial charge in [-0.25, -0.2) is 0 Å². The lowest BCUT2D eigenvalue weighted by atomic mass is 10.2. The van der Waals surface area contributed by atoms with E-state index in [4.69, 9.17) is 27.3 Å². The van der Waals surface area contributed by atoms with Crippen molar-refractivity contribution in [2.45, 2.75) is 0 Å². The number of halogens is 1. The lowest BCUT2D eigenvalue weighted by molar-refractivity contribution is -0.118. The number of hydrogen-bond donors (Lipinski definition) is 2. The molecule has 0 spiro atoms. The van der Waals surface area contributed by atoms with E-state index >= 15 is 0 Å². The molecular formula is C15H12ClN3O2. The Hall–Kier alpha value is -2.71. The number of nitrogens with two attached hydrogens (primary N) is 1. The second kappa shape index (κ2) is 6.64. The van der Waals surface area contributed by atoms with Gasteiger partial charge in [0.1, 0.15) is 11.8 Å². The second-order valence-electron chi connectivity index (χ2n) is 4.18. The Balaban J connectivity index is 1.98. The third-order valence-corrected chi connectivity index (χ3v) is 2.89. The summed E-state index contributed by atoms with van der Waals surface area (Å²) in [6.07, 6.45) is 0. The van der Waals surface area contributed by atoms with Crippen molar-refractivity contribution in [3.63, 3.8) is 0 Å². The molecule has 1 amide bonds. The third kappa shape index (κ3) is 3.88. The number of para-hydroxylation sites is 1. The van der Waals surface area contributed by atoms with Crippen molar-refractivity contribution in [3.05, 3.63) is 53.1 Å². The lowest BCUT2D eigenvalue weighted by Gasteiger charge is -2.10. The van der Waals surface area contributed by atoms with Crippen molar-refractivity contribution in [1.82, 2.24) is 0 Å². The maximum atomic E-state index is 11.8. The maximum Gasteiger partial charge on any atom is 0.262 e. The van der Waals surface area contributed by atoms with Gasteiger partial charge in [-0.05, 0) is 30.3 Å². The SMILES string of the molecule is N#Cc1ccccc1OCC(=O)Nc1ccc(Cl)cc1N. The number of anilines is 2. The highest BCUT2D eigenvalue weighted by Gasteiger charge is 2.08. The number of nitrogen functional groups attached to an aromatic ring is 1. The first-order chi connectivity index (χ1) is 10.1. The first-order valence-electron chi connectivity index (χ1n) is 6.07. The van der Waals surface area contributed by atoms with Gasteiger partial charge in [-0.1, -0.05) is 23.7 Å². The Morgan fingerprint density at radius 1 is 1.33 bits per heavy atom. The number of nitriles is 1. The summed E-state index contributed by atoms with van der Waals surface area (Å²) in [6, 6.07) is 13.5. The number of ether oxygens (including phenoxy) is 1. The number of amides is 1. The number of nitrogens with zero attached hydrogens (tertiary/aromatic N) is 1. The Bertz CT molecular complexity index is 710. The molecule has 106 valence electrons. The van der Waals surface area contributed by atoms with Crippen molar-refractivity contribution in [3.8, 4) is 11.8 Å². The standard InChI is InChI=1S/C15H12ClN3O2/c16-11-5-6-13(12(18)7-11)19-15(20)9-21-14-4-2-1-3-10(14)8-17/h1-7H,9,18H2,(H,19,20). The minimum Gasteiger partial charge on any atom is -0.482 e. The van der Waals surface area contributed by atoms with E-state index in [9.17, 15) is 4.79 Å². The monoisotopic (exact) mass is 301 g/mol. The van der Waals surface area contributed by atoms with Gasteiger partial charge in [0.05, 0.1) is 16.9 Å². The van der Waals surface area contributed by atoms with Crippen LogP contribution in [-0.2, 0) is 4.79 Å². The molecule has 3 N–H and O–H groups in total. The molecule has 0 saturated carbocycles. The Morgan fingerprint density at radius 2 is 2.10 bits per heavy atom. The van der Waals surface area contributed by atoms with Gasteiger partial charge in [0.15, 0.2) is 6.61 Å².